The number of fused-ring (bicyclic) bond motifs is 1. The van der Waals surface area contributed by atoms with Crippen LogP contribution in [0.25, 0.3) is 11.0 Å². The van der Waals surface area contributed by atoms with E-state index in [0.717, 1.165) is 60.6 Å². The third-order valence-corrected chi connectivity index (χ3v) is 5.18. The van der Waals surface area contributed by atoms with E-state index in [-0.39, 0.29) is 5.91 Å². The number of para-hydroxylation sites is 2. The Morgan fingerprint density at radius 1 is 1.31 bits per heavy atom. The molecule has 1 N–H and O–H groups in total. The summed E-state index contributed by atoms with van der Waals surface area (Å²) in [6.45, 7) is 5.92. The summed E-state index contributed by atoms with van der Waals surface area (Å²) < 4.78 is 1.81. The molecule has 0 saturated carbocycles. The van der Waals surface area contributed by atoms with Crippen LogP contribution in [0.15, 0.2) is 30.3 Å². The summed E-state index contributed by atoms with van der Waals surface area (Å²) in [7, 11) is 0. The first-order valence-corrected chi connectivity index (χ1v) is 9.31. The number of carbonyl (C=O) groups is 1. The highest BCUT2D eigenvalue weighted by Gasteiger charge is 2.25. The van der Waals surface area contributed by atoms with Gasteiger partial charge in [0.25, 0.3) is 0 Å². The van der Waals surface area contributed by atoms with Crippen LogP contribution in [0.3, 0.4) is 0 Å². The number of hydrogen-bond acceptors (Lipinski definition) is 3. The fraction of sp³-hybridized carbons (Fsp3) is 0.450. The minimum absolute atomic E-state index is 0.158. The van der Waals surface area contributed by atoms with Crippen LogP contribution in [0, 0.1) is 19.8 Å². The number of benzene rings is 1. The Hall–Kier alpha value is -2.63. The van der Waals surface area contributed by atoms with Crippen LogP contribution in [0.1, 0.15) is 30.1 Å². The van der Waals surface area contributed by atoms with Gasteiger partial charge in [0, 0.05) is 25.2 Å². The molecule has 0 aliphatic carbocycles. The fourth-order valence-electron chi connectivity index (χ4n) is 3.90. The number of rotatable bonds is 4. The van der Waals surface area contributed by atoms with E-state index >= 15 is 0 Å². The lowest BCUT2D eigenvalue weighted by molar-refractivity contribution is -0.133. The molecule has 136 valence electrons. The zero-order chi connectivity index (χ0) is 18.1. The fourth-order valence-corrected chi connectivity index (χ4v) is 3.90. The molecule has 6 heteroatoms. The van der Waals surface area contributed by atoms with Crippen molar-refractivity contribution in [3.63, 3.8) is 0 Å². The largest absolute Gasteiger partial charge is 0.342 e. The lowest BCUT2D eigenvalue weighted by Crippen LogP contribution is -2.42. The minimum atomic E-state index is 0.158. The Balaban J connectivity index is 1.40. The zero-order valence-electron chi connectivity index (χ0n) is 15.4. The van der Waals surface area contributed by atoms with Crippen LogP contribution in [-0.4, -0.2) is 43.6 Å². The van der Waals surface area contributed by atoms with Gasteiger partial charge in [0.05, 0.1) is 16.7 Å². The number of imidazole rings is 1. The highest BCUT2D eigenvalue weighted by molar-refractivity contribution is 5.76. The third kappa shape index (κ3) is 3.49. The van der Waals surface area contributed by atoms with Gasteiger partial charge in [0.2, 0.25) is 5.91 Å². The Morgan fingerprint density at radius 3 is 2.92 bits per heavy atom. The summed E-state index contributed by atoms with van der Waals surface area (Å²) in [6, 6.07) is 10.1. The average Bonchev–Trinajstić information content (AvgIpc) is 3.17. The van der Waals surface area contributed by atoms with Gasteiger partial charge in [0.1, 0.15) is 12.4 Å². The van der Waals surface area contributed by atoms with Crippen molar-refractivity contribution in [2.45, 2.75) is 39.7 Å². The highest BCUT2D eigenvalue weighted by Crippen LogP contribution is 2.21. The molecule has 0 unspecified atom stereocenters. The quantitative estimate of drug-likeness (QED) is 0.786. The van der Waals surface area contributed by atoms with Crippen molar-refractivity contribution in [3.8, 4) is 0 Å². The van der Waals surface area contributed by atoms with E-state index in [0.29, 0.717) is 12.5 Å². The smallest absolute Gasteiger partial charge is 0.244 e. The van der Waals surface area contributed by atoms with Gasteiger partial charge in [-0.15, -0.1) is 0 Å². The van der Waals surface area contributed by atoms with Crippen LogP contribution in [-0.2, 0) is 17.8 Å². The molecule has 1 fully saturated rings. The number of nitrogens with zero attached hydrogens (tertiary/aromatic N) is 4. The second kappa shape index (κ2) is 6.94. The van der Waals surface area contributed by atoms with Gasteiger partial charge < -0.3 is 9.88 Å². The van der Waals surface area contributed by atoms with E-state index in [1.807, 2.05) is 43.0 Å². The maximum absolute atomic E-state index is 12.7. The number of piperidine rings is 1. The van der Waals surface area contributed by atoms with Gasteiger partial charge >= 0.3 is 0 Å². The van der Waals surface area contributed by atoms with Crippen LogP contribution < -0.4 is 0 Å². The van der Waals surface area contributed by atoms with Gasteiger partial charge in [-0.25, -0.2) is 4.98 Å². The summed E-state index contributed by atoms with van der Waals surface area (Å²) >= 11 is 0. The molecule has 3 aromatic rings. The predicted molar refractivity (Wildman–Crippen MR) is 101 cm³/mol. The molecule has 3 heterocycles. The standard InChI is InChI=1S/C20H25N5O/c1-14-10-15(2)25(23-14)13-20(26)24-9-5-6-16(12-24)11-19-21-17-7-3-4-8-18(17)22-19/h3-4,7-8,10,16H,5-6,9,11-13H2,1-2H3,(H,21,22)/t16-/m0/s1. The van der Waals surface area contributed by atoms with E-state index in [1.54, 1.807) is 4.68 Å². The molecule has 1 amide bonds. The van der Waals surface area contributed by atoms with Gasteiger partial charge in [-0.05, 0) is 50.8 Å². The summed E-state index contributed by atoms with van der Waals surface area (Å²) in [5.74, 6) is 1.63. The number of hydrogen-bond donors (Lipinski definition) is 1. The van der Waals surface area contributed by atoms with Crippen LogP contribution in [0.2, 0.25) is 0 Å². The van der Waals surface area contributed by atoms with Crippen LogP contribution >= 0.6 is 0 Å². The second-order valence-corrected chi connectivity index (χ2v) is 7.34. The normalized spacial score (nSPS) is 17.8. The Kier molecular flexibility index (Phi) is 4.49. The van der Waals surface area contributed by atoms with E-state index in [4.69, 9.17) is 0 Å². The molecule has 26 heavy (non-hydrogen) atoms. The number of H-pyrrole nitrogens is 1. The average molecular weight is 351 g/mol. The monoisotopic (exact) mass is 351 g/mol. The maximum atomic E-state index is 12.7. The van der Waals surface area contributed by atoms with Gasteiger partial charge in [-0.3, -0.25) is 9.48 Å². The highest BCUT2D eigenvalue weighted by atomic mass is 16.2. The first kappa shape index (κ1) is 16.8. The molecule has 1 aliphatic heterocycles. The van der Waals surface area contributed by atoms with Gasteiger partial charge in [-0.1, -0.05) is 12.1 Å². The van der Waals surface area contributed by atoms with Crippen molar-refractivity contribution in [1.82, 2.24) is 24.6 Å². The van der Waals surface area contributed by atoms with Crippen molar-refractivity contribution in [2.24, 2.45) is 5.92 Å². The Bertz CT molecular complexity index is 892. The number of aromatic amines is 1. The van der Waals surface area contributed by atoms with E-state index in [1.165, 1.54) is 0 Å². The lowest BCUT2D eigenvalue weighted by atomic mass is 9.94. The van der Waals surface area contributed by atoms with Crippen molar-refractivity contribution in [2.75, 3.05) is 13.1 Å². The molecule has 4 rings (SSSR count). The molecular weight excluding hydrogens is 326 g/mol. The first-order chi connectivity index (χ1) is 12.6. The first-order valence-electron chi connectivity index (χ1n) is 9.31. The maximum Gasteiger partial charge on any atom is 0.244 e. The summed E-state index contributed by atoms with van der Waals surface area (Å²) in [5.41, 5.74) is 4.08. The number of aryl methyl sites for hydroxylation is 2. The Morgan fingerprint density at radius 2 is 2.15 bits per heavy atom. The van der Waals surface area contributed by atoms with E-state index < -0.39 is 0 Å². The predicted octanol–water partition coefficient (Wildman–Crippen LogP) is 2.86. The SMILES string of the molecule is Cc1cc(C)n(CC(=O)N2CCC[C@@H](Cc3nc4ccccc4[nH]3)C2)n1. The van der Waals surface area contributed by atoms with E-state index in [9.17, 15) is 4.79 Å². The molecule has 1 atom stereocenters. The number of amides is 1. The number of likely N-dealkylation sites (tertiary alicyclic amines) is 1. The van der Waals surface area contributed by atoms with Crippen LogP contribution in [0.4, 0.5) is 0 Å². The van der Waals surface area contributed by atoms with Gasteiger partial charge in [0.15, 0.2) is 0 Å². The molecule has 0 radical (unpaired) electrons. The molecular formula is C20H25N5O. The molecule has 1 aliphatic rings. The van der Waals surface area contributed by atoms with Crippen molar-refractivity contribution >= 4 is 16.9 Å². The van der Waals surface area contributed by atoms with Crippen LogP contribution in [0.5, 0.6) is 0 Å². The zero-order valence-corrected chi connectivity index (χ0v) is 15.4. The summed E-state index contributed by atoms with van der Waals surface area (Å²) in [4.78, 5) is 22.8. The van der Waals surface area contributed by atoms with Gasteiger partial charge in [-0.2, -0.15) is 5.10 Å². The number of aromatic nitrogens is 4. The summed E-state index contributed by atoms with van der Waals surface area (Å²) in [6.07, 6.45) is 3.08. The molecule has 0 bridgehead atoms. The Labute approximate surface area is 153 Å². The molecule has 1 aromatic carbocycles. The topological polar surface area (TPSA) is 66.8 Å². The molecule has 1 saturated heterocycles. The second-order valence-electron chi connectivity index (χ2n) is 7.34. The lowest BCUT2D eigenvalue weighted by Gasteiger charge is -2.32. The molecule has 2 aromatic heterocycles. The summed E-state index contributed by atoms with van der Waals surface area (Å²) in [5, 5.41) is 4.41. The van der Waals surface area contributed by atoms with Crippen molar-refractivity contribution < 1.29 is 4.79 Å². The van der Waals surface area contributed by atoms with Crippen molar-refractivity contribution in [3.05, 3.63) is 47.5 Å². The molecule has 0 spiro atoms. The number of nitrogens with one attached hydrogen (secondary N) is 1. The molecule has 6 nitrogen and oxygen atoms in total. The third-order valence-electron chi connectivity index (χ3n) is 5.18. The van der Waals surface area contributed by atoms with Crippen molar-refractivity contribution in [1.29, 1.82) is 0 Å². The van der Waals surface area contributed by atoms with E-state index in [2.05, 4.69) is 21.1 Å². The number of carbonyl (C=O) groups excluding carboxylic acids is 1. The minimum Gasteiger partial charge on any atom is -0.342 e.